The van der Waals surface area contributed by atoms with E-state index in [2.05, 4.69) is 9.88 Å². The highest BCUT2D eigenvalue weighted by Crippen LogP contribution is 2.18. The molecular weight excluding hydrogens is 260 g/mol. The molecule has 1 aliphatic heterocycles. The molecule has 100 valence electrons. The van der Waals surface area contributed by atoms with Crippen molar-refractivity contribution in [2.45, 2.75) is 0 Å². The lowest BCUT2D eigenvalue weighted by atomic mass is 10.1. The number of H-pyrrole nitrogens is 1. The number of ketones is 1. The number of hydrogen-bond acceptors (Lipinski definition) is 3. The number of aromatic nitrogens is 1. The minimum Gasteiger partial charge on any atom is -0.360 e. The Hall–Kier alpha value is -1.46. The maximum atomic E-state index is 12.3. The van der Waals surface area contributed by atoms with Crippen LogP contribution in [-0.4, -0.2) is 51.0 Å². The van der Waals surface area contributed by atoms with Crippen molar-refractivity contribution in [1.29, 1.82) is 0 Å². The molecule has 0 unspecified atom stereocenters. The molecule has 0 saturated carbocycles. The van der Waals surface area contributed by atoms with Gasteiger partial charge in [-0.05, 0) is 6.07 Å². The first-order chi connectivity index (χ1) is 9.24. The summed E-state index contributed by atoms with van der Waals surface area (Å²) >= 11 is 0. The average molecular weight is 276 g/mol. The van der Waals surface area contributed by atoms with Crippen LogP contribution in [0.15, 0.2) is 30.5 Å². The number of nitrogens with zero attached hydrogens (tertiary/aromatic N) is 1. The molecule has 4 nitrogen and oxygen atoms in total. The molecule has 5 heteroatoms. The second kappa shape index (κ2) is 5.27. The molecule has 0 aliphatic carbocycles. The van der Waals surface area contributed by atoms with E-state index in [1.165, 1.54) is 0 Å². The summed E-state index contributed by atoms with van der Waals surface area (Å²) in [6.45, 7) is 1.92. The Morgan fingerprint density at radius 1 is 1.26 bits per heavy atom. The average Bonchev–Trinajstić information content (AvgIpc) is 2.85. The first kappa shape index (κ1) is 12.6. The van der Waals surface area contributed by atoms with Crippen LogP contribution in [0.2, 0.25) is 0 Å². The molecular formula is C14H16N2O2S. The van der Waals surface area contributed by atoms with E-state index in [-0.39, 0.29) is 5.78 Å². The van der Waals surface area contributed by atoms with Gasteiger partial charge in [0.25, 0.3) is 0 Å². The smallest absolute Gasteiger partial charge is 0.178 e. The van der Waals surface area contributed by atoms with Crippen LogP contribution in [-0.2, 0) is 10.8 Å². The van der Waals surface area contributed by atoms with E-state index in [0.717, 1.165) is 29.6 Å². The zero-order chi connectivity index (χ0) is 13.2. The summed E-state index contributed by atoms with van der Waals surface area (Å²) in [4.78, 5) is 17.5. The molecule has 2 aromatic rings. The Morgan fingerprint density at radius 2 is 2.00 bits per heavy atom. The van der Waals surface area contributed by atoms with Crippen LogP contribution >= 0.6 is 0 Å². The maximum absolute atomic E-state index is 12.3. The molecule has 0 amide bonds. The van der Waals surface area contributed by atoms with Crippen molar-refractivity contribution >= 4 is 27.5 Å². The number of rotatable bonds is 3. The van der Waals surface area contributed by atoms with Gasteiger partial charge in [-0.2, -0.15) is 0 Å². The Bertz CT molecular complexity index is 625. The van der Waals surface area contributed by atoms with Gasteiger partial charge in [-0.25, -0.2) is 0 Å². The van der Waals surface area contributed by atoms with Gasteiger partial charge in [0.15, 0.2) is 5.78 Å². The zero-order valence-corrected chi connectivity index (χ0v) is 11.4. The molecule has 1 N–H and O–H groups in total. The van der Waals surface area contributed by atoms with Crippen molar-refractivity contribution in [3.63, 3.8) is 0 Å². The van der Waals surface area contributed by atoms with E-state index in [9.17, 15) is 9.00 Å². The number of benzene rings is 1. The van der Waals surface area contributed by atoms with Gasteiger partial charge in [0, 0.05) is 58.1 Å². The van der Waals surface area contributed by atoms with Gasteiger partial charge in [-0.1, -0.05) is 18.2 Å². The summed E-state index contributed by atoms with van der Waals surface area (Å²) in [5, 5.41) is 0.980. The third kappa shape index (κ3) is 2.62. The summed E-state index contributed by atoms with van der Waals surface area (Å²) in [6.07, 6.45) is 1.79. The number of carbonyl (C=O) groups excluding carboxylic acids is 1. The summed E-state index contributed by atoms with van der Waals surface area (Å²) in [5.41, 5.74) is 1.74. The van der Waals surface area contributed by atoms with E-state index in [4.69, 9.17) is 0 Å². The van der Waals surface area contributed by atoms with Gasteiger partial charge in [-0.3, -0.25) is 13.9 Å². The topological polar surface area (TPSA) is 53.2 Å². The van der Waals surface area contributed by atoms with E-state index in [0.29, 0.717) is 18.1 Å². The predicted octanol–water partition coefficient (Wildman–Crippen LogP) is 1.41. The lowest BCUT2D eigenvalue weighted by Crippen LogP contribution is -2.40. The fourth-order valence-corrected chi connectivity index (χ4v) is 3.55. The highest BCUT2D eigenvalue weighted by Gasteiger charge is 2.19. The SMILES string of the molecule is O=C(CN1CCS(=O)CC1)c1c[nH]c2ccccc12. The first-order valence-electron chi connectivity index (χ1n) is 6.41. The fraction of sp³-hybridized carbons (Fsp3) is 0.357. The summed E-state index contributed by atoms with van der Waals surface area (Å²) in [6, 6.07) is 7.82. The third-order valence-corrected chi connectivity index (χ3v) is 4.80. The first-order valence-corrected chi connectivity index (χ1v) is 7.89. The molecule has 19 heavy (non-hydrogen) atoms. The number of aromatic amines is 1. The van der Waals surface area contributed by atoms with Crippen molar-refractivity contribution < 1.29 is 9.00 Å². The molecule has 0 radical (unpaired) electrons. The fourth-order valence-electron chi connectivity index (χ4n) is 2.42. The van der Waals surface area contributed by atoms with Gasteiger partial charge in [0.2, 0.25) is 0 Å². The van der Waals surface area contributed by atoms with Crippen molar-refractivity contribution in [3.8, 4) is 0 Å². The minimum absolute atomic E-state index is 0.130. The summed E-state index contributed by atoms with van der Waals surface area (Å²) in [5.74, 6) is 1.49. The van der Waals surface area contributed by atoms with E-state index >= 15 is 0 Å². The Kier molecular flexibility index (Phi) is 3.48. The number of carbonyl (C=O) groups is 1. The largest absolute Gasteiger partial charge is 0.360 e. The van der Waals surface area contributed by atoms with Crippen LogP contribution in [0.3, 0.4) is 0 Å². The lowest BCUT2D eigenvalue weighted by molar-refractivity contribution is 0.0938. The van der Waals surface area contributed by atoms with Crippen LogP contribution in [0.25, 0.3) is 10.9 Å². The van der Waals surface area contributed by atoms with E-state index < -0.39 is 10.8 Å². The molecule has 2 heterocycles. The Labute approximate surface area is 114 Å². The van der Waals surface area contributed by atoms with Gasteiger partial charge >= 0.3 is 0 Å². The molecule has 1 aromatic heterocycles. The maximum Gasteiger partial charge on any atom is 0.178 e. The molecule has 1 aliphatic rings. The second-order valence-electron chi connectivity index (χ2n) is 4.80. The van der Waals surface area contributed by atoms with Gasteiger partial charge in [0.1, 0.15) is 0 Å². The van der Waals surface area contributed by atoms with Crippen LogP contribution in [0.1, 0.15) is 10.4 Å². The number of nitrogens with one attached hydrogen (secondary N) is 1. The Balaban J connectivity index is 1.75. The number of fused-ring (bicyclic) bond motifs is 1. The third-order valence-electron chi connectivity index (χ3n) is 3.53. The van der Waals surface area contributed by atoms with Crippen LogP contribution in [0.4, 0.5) is 0 Å². The molecule has 0 spiro atoms. The normalized spacial score (nSPS) is 17.9. The Morgan fingerprint density at radius 3 is 2.79 bits per heavy atom. The molecule has 0 bridgehead atoms. The van der Waals surface area contributed by atoms with Crippen LogP contribution < -0.4 is 0 Å². The number of hydrogen-bond donors (Lipinski definition) is 1. The summed E-state index contributed by atoms with van der Waals surface area (Å²) in [7, 11) is -0.694. The number of Topliss-reactive ketones (excluding diaryl/α,β-unsaturated/α-hetero) is 1. The molecule has 1 saturated heterocycles. The highest BCUT2D eigenvalue weighted by atomic mass is 32.2. The quantitative estimate of drug-likeness (QED) is 0.863. The lowest BCUT2D eigenvalue weighted by Gasteiger charge is -2.25. The van der Waals surface area contributed by atoms with Crippen molar-refractivity contribution in [2.24, 2.45) is 0 Å². The van der Waals surface area contributed by atoms with Crippen LogP contribution in [0, 0.1) is 0 Å². The zero-order valence-electron chi connectivity index (χ0n) is 10.6. The van der Waals surface area contributed by atoms with E-state index in [1.54, 1.807) is 6.20 Å². The van der Waals surface area contributed by atoms with Crippen LogP contribution in [0.5, 0.6) is 0 Å². The number of para-hydroxylation sites is 1. The molecule has 3 rings (SSSR count). The molecule has 0 atom stereocenters. The van der Waals surface area contributed by atoms with Crippen molar-refractivity contribution in [1.82, 2.24) is 9.88 Å². The van der Waals surface area contributed by atoms with E-state index in [1.807, 2.05) is 24.3 Å². The monoisotopic (exact) mass is 276 g/mol. The van der Waals surface area contributed by atoms with Crippen molar-refractivity contribution in [3.05, 3.63) is 36.0 Å². The van der Waals surface area contributed by atoms with Gasteiger partial charge in [-0.15, -0.1) is 0 Å². The second-order valence-corrected chi connectivity index (χ2v) is 6.49. The highest BCUT2D eigenvalue weighted by molar-refractivity contribution is 7.85. The predicted molar refractivity (Wildman–Crippen MR) is 76.9 cm³/mol. The standard InChI is InChI=1S/C14H16N2O2S/c17-14(10-16-5-7-19(18)8-6-16)12-9-15-13-4-2-1-3-11(12)13/h1-4,9,15H,5-8,10H2. The summed E-state index contributed by atoms with van der Waals surface area (Å²) < 4.78 is 11.3. The minimum atomic E-state index is -0.694. The molecule has 1 aromatic carbocycles. The van der Waals surface area contributed by atoms with Crippen molar-refractivity contribution in [2.75, 3.05) is 31.1 Å². The van der Waals surface area contributed by atoms with Gasteiger partial charge in [0.05, 0.1) is 6.54 Å². The molecule has 1 fully saturated rings. The van der Waals surface area contributed by atoms with Gasteiger partial charge < -0.3 is 4.98 Å².